The monoisotopic (exact) mass is 236 g/mol. The van der Waals surface area contributed by atoms with Crippen LogP contribution in [0.1, 0.15) is 46.0 Å². The number of piperidine rings is 1. The fourth-order valence-corrected chi connectivity index (χ4v) is 2.58. The first kappa shape index (κ1) is 14.1. The van der Waals surface area contributed by atoms with Gasteiger partial charge in [-0.25, -0.2) is 0 Å². The van der Waals surface area contributed by atoms with Crippen molar-refractivity contribution < 1.29 is 4.79 Å². The molecule has 96 valence electrons. The molecule has 0 bridgehead atoms. The van der Waals surface area contributed by atoms with Gasteiger partial charge in [-0.2, -0.15) is 0 Å². The molecule has 1 atom stereocenters. The first-order chi connectivity index (χ1) is 8.14. The van der Waals surface area contributed by atoms with Crippen molar-refractivity contribution in [3.8, 4) is 12.3 Å². The first-order valence-corrected chi connectivity index (χ1v) is 6.60. The Morgan fingerprint density at radius 2 is 2.18 bits per heavy atom. The fourth-order valence-electron chi connectivity index (χ4n) is 2.58. The van der Waals surface area contributed by atoms with E-state index in [0.29, 0.717) is 6.42 Å². The Kier molecular flexibility index (Phi) is 5.50. The van der Waals surface area contributed by atoms with Crippen molar-refractivity contribution in [1.82, 2.24) is 10.6 Å². The highest BCUT2D eigenvalue weighted by molar-refractivity contribution is 5.83. The minimum absolute atomic E-state index is 0.0797. The van der Waals surface area contributed by atoms with Crippen LogP contribution in [0, 0.1) is 17.8 Å². The molecular formula is C14H24N2O. The number of carbonyl (C=O) groups excluding carboxylic acids is 1. The molecule has 3 nitrogen and oxygen atoms in total. The lowest BCUT2D eigenvalue weighted by Gasteiger charge is -2.36. The van der Waals surface area contributed by atoms with Gasteiger partial charge in [0.05, 0.1) is 5.41 Å². The number of rotatable bonds is 5. The van der Waals surface area contributed by atoms with Crippen LogP contribution >= 0.6 is 0 Å². The van der Waals surface area contributed by atoms with Crippen molar-refractivity contribution in [2.45, 2.75) is 52.0 Å². The van der Waals surface area contributed by atoms with Gasteiger partial charge in [-0.1, -0.05) is 13.3 Å². The van der Waals surface area contributed by atoms with Crippen molar-refractivity contribution in [2.24, 2.45) is 5.41 Å². The third-order valence-corrected chi connectivity index (χ3v) is 3.57. The summed E-state index contributed by atoms with van der Waals surface area (Å²) in [5, 5.41) is 6.39. The summed E-state index contributed by atoms with van der Waals surface area (Å²) >= 11 is 0. The van der Waals surface area contributed by atoms with Crippen LogP contribution < -0.4 is 10.6 Å². The number of nitrogens with one attached hydrogen (secondary N) is 2. The van der Waals surface area contributed by atoms with Crippen LogP contribution in [0.2, 0.25) is 0 Å². The van der Waals surface area contributed by atoms with E-state index in [0.717, 1.165) is 38.8 Å². The Morgan fingerprint density at radius 1 is 1.53 bits per heavy atom. The summed E-state index contributed by atoms with van der Waals surface area (Å²) in [5.41, 5.74) is -0.164. The minimum Gasteiger partial charge on any atom is -0.352 e. The predicted octanol–water partition coefficient (Wildman–Crippen LogP) is 1.68. The molecule has 0 aromatic heterocycles. The van der Waals surface area contributed by atoms with E-state index in [2.05, 4.69) is 23.5 Å². The zero-order valence-corrected chi connectivity index (χ0v) is 11.0. The maximum Gasteiger partial charge on any atom is 0.226 e. The molecule has 0 aromatic rings. The molecule has 0 spiro atoms. The van der Waals surface area contributed by atoms with Gasteiger partial charge in [0.2, 0.25) is 5.91 Å². The zero-order valence-electron chi connectivity index (χ0n) is 11.0. The van der Waals surface area contributed by atoms with Gasteiger partial charge in [-0.15, -0.1) is 12.3 Å². The lowest BCUT2D eigenvalue weighted by atomic mass is 9.74. The van der Waals surface area contributed by atoms with E-state index in [1.165, 1.54) is 0 Å². The maximum atomic E-state index is 12.4. The van der Waals surface area contributed by atoms with E-state index in [9.17, 15) is 4.79 Å². The number of hydrogen-bond acceptors (Lipinski definition) is 2. The van der Waals surface area contributed by atoms with Crippen LogP contribution in [0.15, 0.2) is 0 Å². The number of hydrogen-bond donors (Lipinski definition) is 2. The van der Waals surface area contributed by atoms with Crippen LogP contribution in [0.5, 0.6) is 0 Å². The van der Waals surface area contributed by atoms with Crippen molar-refractivity contribution >= 4 is 5.91 Å². The summed E-state index contributed by atoms with van der Waals surface area (Å²) < 4.78 is 0. The number of terminal acetylenes is 1. The zero-order chi connectivity index (χ0) is 12.7. The molecule has 1 unspecified atom stereocenters. The van der Waals surface area contributed by atoms with Gasteiger partial charge in [0.25, 0.3) is 0 Å². The average Bonchev–Trinajstić information content (AvgIpc) is 2.30. The van der Waals surface area contributed by atoms with Gasteiger partial charge < -0.3 is 10.6 Å². The van der Waals surface area contributed by atoms with Gasteiger partial charge in [-0.05, 0) is 39.3 Å². The van der Waals surface area contributed by atoms with Crippen LogP contribution in [-0.4, -0.2) is 25.0 Å². The Morgan fingerprint density at radius 3 is 2.71 bits per heavy atom. The Hall–Kier alpha value is -1.01. The van der Waals surface area contributed by atoms with Crippen LogP contribution in [0.3, 0.4) is 0 Å². The molecule has 1 fully saturated rings. The fraction of sp³-hybridized carbons (Fsp3) is 0.786. The van der Waals surface area contributed by atoms with E-state index in [4.69, 9.17) is 6.42 Å². The van der Waals surface area contributed by atoms with E-state index >= 15 is 0 Å². The van der Waals surface area contributed by atoms with Gasteiger partial charge in [0, 0.05) is 12.5 Å². The highest BCUT2D eigenvalue weighted by Gasteiger charge is 2.38. The highest BCUT2D eigenvalue weighted by atomic mass is 16.2. The Bertz CT molecular complexity index is 282. The molecule has 1 aliphatic heterocycles. The molecule has 0 saturated carbocycles. The molecular weight excluding hydrogens is 212 g/mol. The highest BCUT2D eigenvalue weighted by Crippen LogP contribution is 2.34. The molecule has 3 heteroatoms. The first-order valence-electron chi connectivity index (χ1n) is 6.60. The average molecular weight is 236 g/mol. The number of carbonyl (C=O) groups is 1. The molecule has 0 radical (unpaired) electrons. The molecule has 2 N–H and O–H groups in total. The molecule has 1 rings (SSSR count). The lowest BCUT2D eigenvalue weighted by molar-refractivity contribution is -0.133. The van der Waals surface area contributed by atoms with E-state index < -0.39 is 0 Å². The molecule has 0 aromatic carbocycles. The quantitative estimate of drug-likeness (QED) is 0.713. The summed E-state index contributed by atoms with van der Waals surface area (Å²) in [5.74, 6) is 2.79. The molecule has 1 amide bonds. The van der Waals surface area contributed by atoms with Gasteiger partial charge >= 0.3 is 0 Å². The summed E-state index contributed by atoms with van der Waals surface area (Å²) in [7, 11) is 0. The third kappa shape index (κ3) is 3.74. The molecule has 1 saturated heterocycles. The summed E-state index contributed by atoms with van der Waals surface area (Å²) in [6.45, 7) is 5.99. The van der Waals surface area contributed by atoms with Gasteiger partial charge in [-0.3, -0.25) is 4.79 Å². The second-order valence-electron chi connectivity index (χ2n) is 5.06. The molecule has 0 aliphatic carbocycles. The Balaban J connectivity index is 2.63. The standard InChI is InChI=1S/C14H24N2O/c1-4-6-12(3)16-13(17)14(7-5-2)8-10-15-11-9-14/h1,12,15H,5-11H2,2-3H3,(H,16,17). The van der Waals surface area contributed by atoms with E-state index in [1.807, 2.05) is 6.92 Å². The SMILES string of the molecule is C#CCC(C)NC(=O)C1(CCC)CCNCC1. The smallest absolute Gasteiger partial charge is 0.226 e. The Labute approximate surface area is 105 Å². The maximum absolute atomic E-state index is 12.4. The van der Waals surface area contributed by atoms with Crippen LogP contribution in [0.4, 0.5) is 0 Å². The van der Waals surface area contributed by atoms with Crippen molar-refractivity contribution in [3.05, 3.63) is 0 Å². The van der Waals surface area contributed by atoms with Crippen molar-refractivity contribution in [2.75, 3.05) is 13.1 Å². The predicted molar refractivity (Wildman–Crippen MR) is 70.5 cm³/mol. The number of amides is 1. The molecule has 1 heterocycles. The van der Waals surface area contributed by atoms with Crippen molar-refractivity contribution in [1.29, 1.82) is 0 Å². The summed E-state index contributed by atoms with van der Waals surface area (Å²) in [6, 6.07) is 0.0797. The van der Waals surface area contributed by atoms with E-state index in [-0.39, 0.29) is 17.4 Å². The minimum atomic E-state index is -0.164. The largest absolute Gasteiger partial charge is 0.352 e. The van der Waals surface area contributed by atoms with Crippen LogP contribution in [-0.2, 0) is 4.79 Å². The summed E-state index contributed by atoms with van der Waals surface area (Å²) in [4.78, 5) is 12.4. The topological polar surface area (TPSA) is 41.1 Å². The van der Waals surface area contributed by atoms with Crippen molar-refractivity contribution in [3.63, 3.8) is 0 Å². The molecule has 17 heavy (non-hydrogen) atoms. The lowest BCUT2D eigenvalue weighted by Crippen LogP contribution is -2.49. The van der Waals surface area contributed by atoms with Gasteiger partial charge in [0.1, 0.15) is 0 Å². The van der Waals surface area contributed by atoms with Crippen LogP contribution in [0.25, 0.3) is 0 Å². The van der Waals surface area contributed by atoms with E-state index in [1.54, 1.807) is 0 Å². The second-order valence-corrected chi connectivity index (χ2v) is 5.06. The van der Waals surface area contributed by atoms with Gasteiger partial charge in [0.15, 0.2) is 0 Å². The second kappa shape index (κ2) is 6.66. The third-order valence-electron chi connectivity index (χ3n) is 3.57. The normalized spacial score (nSPS) is 20.3. The molecule has 1 aliphatic rings. The summed E-state index contributed by atoms with van der Waals surface area (Å²) in [6.07, 6.45) is 9.78.